The van der Waals surface area contributed by atoms with E-state index < -0.39 is 63.1 Å². The van der Waals surface area contributed by atoms with Crippen molar-refractivity contribution in [3.05, 3.63) is 34.5 Å². The van der Waals surface area contributed by atoms with Crippen molar-refractivity contribution in [3.63, 3.8) is 0 Å². The number of aliphatic hydroxyl groups excluding tert-OH is 1. The first-order valence-corrected chi connectivity index (χ1v) is 7.78. The molecule has 3 rings (SSSR count). The minimum atomic E-state index is -1.57. The molecular formula is C18H14O10. The SMILES string of the molecule is CC(O)C(=O)Oc1c(O)cc2oc(-c3ccc(O)c(O)c3)c(O)c(=O)c2c1O. The molecule has 28 heavy (non-hydrogen) atoms. The van der Waals surface area contributed by atoms with E-state index in [9.17, 15) is 40.2 Å². The van der Waals surface area contributed by atoms with E-state index in [2.05, 4.69) is 4.74 Å². The Balaban J connectivity index is 2.26. The highest BCUT2D eigenvalue weighted by atomic mass is 16.6. The van der Waals surface area contributed by atoms with Gasteiger partial charge in [0.25, 0.3) is 0 Å². The van der Waals surface area contributed by atoms with E-state index in [1.807, 2.05) is 0 Å². The summed E-state index contributed by atoms with van der Waals surface area (Å²) in [7, 11) is 0. The quantitative estimate of drug-likeness (QED) is 0.217. The van der Waals surface area contributed by atoms with Crippen molar-refractivity contribution in [2.24, 2.45) is 0 Å². The molecule has 0 amide bonds. The first-order valence-electron chi connectivity index (χ1n) is 7.78. The molecule has 0 aliphatic carbocycles. The molecule has 2 aromatic carbocycles. The summed E-state index contributed by atoms with van der Waals surface area (Å²) in [4.78, 5) is 24.0. The van der Waals surface area contributed by atoms with Crippen molar-refractivity contribution in [2.75, 3.05) is 0 Å². The first-order chi connectivity index (χ1) is 13.1. The maximum absolute atomic E-state index is 12.5. The highest BCUT2D eigenvalue weighted by Gasteiger charge is 2.25. The van der Waals surface area contributed by atoms with E-state index in [1.54, 1.807) is 0 Å². The second-order valence-corrected chi connectivity index (χ2v) is 5.86. The predicted octanol–water partition coefficient (Wildman–Crippen LogP) is 1.27. The maximum Gasteiger partial charge on any atom is 0.340 e. The Morgan fingerprint density at radius 3 is 2.29 bits per heavy atom. The van der Waals surface area contributed by atoms with Crippen LogP contribution in [0.25, 0.3) is 22.3 Å². The Bertz CT molecular complexity index is 1160. The fraction of sp³-hybridized carbons (Fsp3) is 0.111. The summed E-state index contributed by atoms with van der Waals surface area (Å²) in [6, 6.07) is 4.24. The molecule has 0 aliphatic rings. The van der Waals surface area contributed by atoms with Crippen molar-refractivity contribution in [2.45, 2.75) is 13.0 Å². The Kier molecular flexibility index (Phi) is 4.49. The minimum Gasteiger partial charge on any atom is -0.504 e. The molecule has 0 aliphatic heterocycles. The number of aliphatic hydroxyl groups is 1. The summed E-state index contributed by atoms with van der Waals surface area (Å²) in [5, 5.41) is 58.0. The van der Waals surface area contributed by atoms with Crippen molar-refractivity contribution in [1.82, 2.24) is 0 Å². The number of rotatable bonds is 3. The summed E-state index contributed by atoms with van der Waals surface area (Å²) in [5.41, 5.74) is -1.46. The van der Waals surface area contributed by atoms with Crippen LogP contribution >= 0.6 is 0 Å². The van der Waals surface area contributed by atoms with Crippen LogP contribution in [-0.4, -0.2) is 42.7 Å². The zero-order valence-corrected chi connectivity index (χ0v) is 14.2. The molecule has 0 bridgehead atoms. The Labute approximate surface area is 155 Å². The van der Waals surface area contributed by atoms with Gasteiger partial charge in [-0.1, -0.05) is 0 Å². The number of carbonyl (C=O) groups excluding carboxylic acids is 1. The van der Waals surface area contributed by atoms with E-state index >= 15 is 0 Å². The molecule has 0 radical (unpaired) electrons. The van der Waals surface area contributed by atoms with Gasteiger partial charge in [0.15, 0.2) is 28.8 Å². The van der Waals surface area contributed by atoms with Crippen LogP contribution in [0.4, 0.5) is 0 Å². The smallest absolute Gasteiger partial charge is 0.340 e. The van der Waals surface area contributed by atoms with Gasteiger partial charge in [-0.3, -0.25) is 4.79 Å². The van der Waals surface area contributed by atoms with Crippen LogP contribution in [0.3, 0.4) is 0 Å². The third-order valence-electron chi connectivity index (χ3n) is 3.85. The van der Waals surface area contributed by atoms with Crippen molar-refractivity contribution < 1.29 is 44.6 Å². The lowest BCUT2D eigenvalue weighted by Gasteiger charge is -2.12. The second kappa shape index (κ2) is 6.67. The third-order valence-corrected chi connectivity index (χ3v) is 3.85. The summed E-state index contributed by atoms with van der Waals surface area (Å²) >= 11 is 0. The zero-order chi connectivity index (χ0) is 20.7. The molecule has 0 saturated heterocycles. The fourth-order valence-corrected chi connectivity index (χ4v) is 2.44. The normalized spacial score (nSPS) is 12.1. The largest absolute Gasteiger partial charge is 0.504 e. The predicted molar refractivity (Wildman–Crippen MR) is 93.6 cm³/mol. The van der Waals surface area contributed by atoms with Gasteiger partial charge in [-0.15, -0.1) is 0 Å². The van der Waals surface area contributed by atoms with Crippen LogP contribution < -0.4 is 10.2 Å². The highest BCUT2D eigenvalue weighted by molar-refractivity contribution is 5.92. The Morgan fingerprint density at radius 1 is 1.00 bits per heavy atom. The van der Waals surface area contributed by atoms with E-state index in [-0.39, 0.29) is 11.1 Å². The molecular weight excluding hydrogens is 376 g/mol. The monoisotopic (exact) mass is 390 g/mol. The van der Waals surface area contributed by atoms with Crippen LogP contribution in [-0.2, 0) is 4.79 Å². The van der Waals surface area contributed by atoms with Crippen molar-refractivity contribution in [3.8, 4) is 45.8 Å². The molecule has 1 unspecified atom stereocenters. The van der Waals surface area contributed by atoms with Gasteiger partial charge in [0, 0.05) is 11.6 Å². The topological polar surface area (TPSA) is 178 Å². The van der Waals surface area contributed by atoms with E-state index in [0.717, 1.165) is 25.1 Å². The van der Waals surface area contributed by atoms with Crippen LogP contribution in [0.2, 0.25) is 0 Å². The minimum absolute atomic E-state index is 0.0235. The number of fused-ring (bicyclic) bond motifs is 1. The average molecular weight is 390 g/mol. The Morgan fingerprint density at radius 2 is 1.68 bits per heavy atom. The van der Waals surface area contributed by atoms with Gasteiger partial charge in [0.2, 0.25) is 16.9 Å². The van der Waals surface area contributed by atoms with Gasteiger partial charge < -0.3 is 39.8 Å². The summed E-state index contributed by atoms with van der Waals surface area (Å²) in [6.45, 7) is 1.09. The number of benzene rings is 2. The van der Waals surface area contributed by atoms with Crippen molar-refractivity contribution >= 4 is 16.9 Å². The van der Waals surface area contributed by atoms with Crippen LogP contribution in [0.15, 0.2) is 33.5 Å². The lowest BCUT2D eigenvalue weighted by molar-refractivity contribution is -0.142. The zero-order valence-electron chi connectivity index (χ0n) is 14.2. The molecule has 1 atom stereocenters. The van der Waals surface area contributed by atoms with E-state index in [4.69, 9.17) is 4.42 Å². The molecule has 10 heteroatoms. The number of aromatic hydroxyl groups is 5. The number of hydrogen-bond donors (Lipinski definition) is 6. The number of ether oxygens (including phenoxy) is 1. The lowest BCUT2D eigenvalue weighted by atomic mass is 10.1. The van der Waals surface area contributed by atoms with Gasteiger partial charge in [-0.05, 0) is 25.1 Å². The fourth-order valence-electron chi connectivity index (χ4n) is 2.44. The van der Waals surface area contributed by atoms with Crippen LogP contribution in [0.5, 0.6) is 34.5 Å². The molecule has 0 saturated carbocycles. The van der Waals surface area contributed by atoms with E-state index in [1.165, 1.54) is 6.07 Å². The lowest BCUT2D eigenvalue weighted by Crippen LogP contribution is -2.22. The third kappa shape index (κ3) is 3.01. The summed E-state index contributed by atoms with van der Waals surface area (Å²) < 4.78 is 10.0. The molecule has 6 N–H and O–H groups in total. The van der Waals surface area contributed by atoms with Crippen LogP contribution in [0, 0.1) is 0 Å². The molecule has 0 fully saturated rings. The number of esters is 1. The van der Waals surface area contributed by atoms with Gasteiger partial charge >= 0.3 is 5.97 Å². The summed E-state index contributed by atoms with van der Waals surface area (Å²) in [6.07, 6.45) is -1.57. The molecule has 1 aromatic heterocycles. The number of hydrogen-bond acceptors (Lipinski definition) is 10. The molecule has 10 nitrogen and oxygen atoms in total. The standard InChI is InChI=1S/C18H14O10/c1-6(19)18(26)28-17-10(22)5-11-12(14(17)24)13(23)15(25)16(27-11)7-2-3-8(20)9(21)4-7/h2-6,19-22,24-25H,1H3. The molecule has 3 aromatic rings. The average Bonchev–Trinajstić information content (AvgIpc) is 2.63. The summed E-state index contributed by atoms with van der Waals surface area (Å²) in [5.74, 6) is -6.06. The van der Waals surface area contributed by atoms with Crippen molar-refractivity contribution in [1.29, 1.82) is 0 Å². The number of phenols is 4. The number of phenolic OH excluding ortho intramolecular Hbond substituents is 4. The molecule has 0 spiro atoms. The highest BCUT2D eigenvalue weighted by Crippen LogP contribution is 2.44. The van der Waals surface area contributed by atoms with Crippen LogP contribution in [0.1, 0.15) is 6.92 Å². The van der Waals surface area contributed by atoms with Gasteiger partial charge in [-0.2, -0.15) is 0 Å². The van der Waals surface area contributed by atoms with Gasteiger partial charge in [0.1, 0.15) is 17.1 Å². The first kappa shape index (κ1) is 18.9. The number of carbonyl (C=O) groups is 1. The van der Waals surface area contributed by atoms with Gasteiger partial charge in [-0.25, -0.2) is 4.79 Å². The second-order valence-electron chi connectivity index (χ2n) is 5.86. The Hall–Kier alpha value is -3.92. The van der Waals surface area contributed by atoms with Gasteiger partial charge in [0.05, 0.1) is 0 Å². The van der Waals surface area contributed by atoms with E-state index in [0.29, 0.717) is 0 Å². The molecule has 1 heterocycles. The molecule has 146 valence electrons. The maximum atomic E-state index is 12.5.